The molecule has 2 heterocycles. The second-order valence-corrected chi connectivity index (χ2v) is 14.1. The number of phenols is 1. The summed E-state index contributed by atoms with van der Waals surface area (Å²) in [5.41, 5.74) is 2.09. The number of hydrogen-bond donors (Lipinski definition) is 1. The van der Waals surface area contributed by atoms with Crippen molar-refractivity contribution < 1.29 is 27.8 Å². The number of carbonyl (C=O) groups is 1. The maximum Gasteiger partial charge on any atom is 0.308 e. The number of aromatic hydroxyl groups is 1. The zero-order valence-electron chi connectivity index (χ0n) is 23.1. The molecule has 0 radical (unpaired) electrons. The van der Waals surface area contributed by atoms with Crippen molar-refractivity contribution in [2.45, 2.75) is 75.8 Å². The predicted molar refractivity (Wildman–Crippen MR) is 147 cm³/mol. The molecule has 8 nitrogen and oxygen atoms in total. The molecule has 0 amide bonds. The van der Waals surface area contributed by atoms with E-state index in [-0.39, 0.29) is 41.2 Å². The Labute approximate surface area is 230 Å². The van der Waals surface area contributed by atoms with Crippen LogP contribution in [0.4, 0.5) is 0 Å². The molecule has 210 valence electrons. The highest BCUT2D eigenvalue weighted by molar-refractivity contribution is 7.88. The van der Waals surface area contributed by atoms with E-state index in [2.05, 4.69) is 11.9 Å². The molecule has 0 unspecified atom stereocenters. The lowest BCUT2D eigenvalue weighted by molar-refractivity contribution is -0.132. The highest BCUT2D eigenvalue weighted by Gasteiger charge is 2.67. The largest absolute Gasteiger partial charge is 0.508 e. The SMILES string of the molecule is CC(=O)Oc1cc(O)c2c3c1O[C@H]1[C@@H](N(CC(C)C)S(=O)(=O)Cc4ccccc4)CC[C@H]4[C@@H](C2)N(C)CC[C@@]341. The van der Waals surface area contributed by atoms with Crippen LogP contribution in [0.1, 0.15) is 56.7 Å². The Bertz CT molecular complexity index is 1390. The highest BCUT2D eigenvalue weighted by atomic mass is 32.2. The fourth-order valence-corrected chi connectivity index (χ4v) is 9.90. The van der Waals surface area contributed by atoms with E-state index in [1.165, 1.54) is 13.0 Å². The summed E-state index contributed by atoms with van der Waals surface area (Å²) in [6, 6.07) is 10.7. The molecule has 1 spiro atoms. The van der Waals surface area contributed by atoms with E-state index in [9.17, 15) is 18.3 Å². The van der Waals surface area contributed by atoms with E-state index >= 15 is 0 Å². The summed E-state index contributed by atoms with van der Waals surface area (Å²) in [5.74, 6) is 0.679. The average molecular weight is 555 g/mol. The Kier molecular flexibility index (Phi) is 6.47. The number of hydrogen-bond acceptors (Lipinski definition) is 7. The number of rotatable bonds is 7. The molecule has 6 rings (SSSR count). The van der Waals surface area contributed by atoms with Crippen LogP contribution in [0, 0.1) is 11.8 Å². The third-order valence-electron chi connectivity index (χ3n) is 9.37. The fraction of sp³-hybridized carbons (Fsp3) is 0.567. The number of carbonyl (C=O) groups excluding carboxylic acids is 1. The molecule has 39 heavy (non-hydrogen) atoms. The number of nitrogens with zero attached hydrogens (tertiary/aromatic N) is 2. The lowest BCUT2D eigenvalue weighted by Gasteiger charge is -2.59. The number of benzene rings is 2. The zero-order chi connectivity index (χ0) is 27.7. The van der Waals surface area contributed by atoms with Gasteiger partial charge in [0.05, 0.1) is 11.8 Å². The first-order valence-electron chi connectivity index (χ1n) is 14.0. The number of sulfonamides is 1. The van der Waals surface area contributed by atoms with Gasteiger partial charge in [-0.25, -0.2) is 8.42 Å². The number of phenolic OH excluding ortho intramolecular Hbond substituents is 1. The van der Waals surface area contributed by atoms with Crippen LogP contribution in [0.25, 0.3) is 0 Å². The average Bonchev–Trinajstić information content (AvgIpc) is 3.21. The van der Waals surface area contributed by atoms with Gasteiger partial charge in [-0.15, -0.1) is 0 Å². The highest BCUT2D eigenvalue weighted by Crippen LogP contribution is 2.65. The molecule has 2 aromatic rings. The van der Waals surface area contributed by atoms with Crippen molar-refractivity contribution in [2.24, 2.45) is 11.8 Å². The van der Waals surface area contributed by atoms with Crippen molar-refractivity contribution >= 4 is 16.0 Å². The minimum absolute atomic E-state index is 0.0662. The van der Waals surface area contributed by atoms with Crippen LogP contribution in [0.3, 0.4) is 0 Å². The third-order valence-corrected chi connectivity index (χ3v) is 11.2. The second kappa shape index (κ2) is 9.49. The topological polar surface area (TPSA) is 96.4 Å². The molecule has 1 saturated carbocycles. The van der Waals surface area contributed by atoms with Gasteiger partial charge in [-0.05, 0) is 56.7 Å². The lowest BCUT2D eigenvalue weighted by Crippen LogP contribution is -2.68. The van der Waals surface area contributed by atoms with Gasteiger partial charge in [-0.2, -0.15) is 4.31 Å². The molecule has 4 aliphatic rings. The summed E-state index contributed by atoms with van der Waals surface area (Å²) in [7, 11) is -1.54. The number of likely N-dealkylation sites (tertiary alicyclic amines) is 1. The minimum Gasteiger partial charge on any atom is -0.508 e. The van der Waals surface area contributed by atoms with E-state index in [0.29, 0.717) is 25.1 Å². The molecule has 1 saturated heterocycles. The quantitative estimate of drug-likeness (QED) is 0.410. The van der Waals surface area contributed by atoms with Gasteiger partial charge in [0.15, 0.2) is 11.5 Å². The standard InChI is InChI=1S/C30H38N2O6S/c1-18(2)16-32(39(35,36)17-20-8-6-5-7-9-20)23-11-10-22-24-14-21-25(34)15-26(37-19(3)33)28-27(21)30(22,29(23)38-28)12-13-31(24)4/h5-9,15,18,22-24,29,34H,10-14,16-17H2,1-4H3/t22-,23-,24+,29-,30-/m0/s1. The van der Waals surface area contributed by atoms with Gasteiger partial charge in [0.1, 0.15) is 11.9 Å². The van der Waals surface area contributed by atoms with Crippen molar-refractivity contribution in [1.29, 1.82) is 0 Å². The first kappa shape index (κ1) is 26.6. The summed E-state index contributed by atoms with van der Waals surface area (Å²) in [6.45, 7) is 6.67. The Hall–Kier alpha value is -2.62. The van der Waals surface area contributed by atoms with Gasteiger partial charge < -0.3 is 19.5 Å². The summed E-state index contributed by atoms with van der Waals surface area (Å²) in [6.07, 6.45) is 2.62. The van der Waals surface area contributed by atoms with Crippen LogP contribution in [0.5, 0.6) is 17.2 Å². The van der Waals surface area contributed by atoms with Crippen molar-refractivity contribution in [1.82, 2.24) is 9.21 Å². The van der Waals surface area contributed by atoms with Crippen molar-refractivity contribution in [3.8, 4) is 17.2 Å². The summed E-state index contributed by atoms with van der Waals surface area (Å²) < 4.78 is 42.3. The van der Waals surface area contributed by atoms with Gasteiger partial charge in [0, 0.05) is 42.1 Å². The van der Waals surface area contributed by atoms with E-state index in [0.717, 1.165) is 36.1 Å². The molecule has 0 aromatic heterocycles. The smallest absolute Gasteiger partial charge is 0.308 e. The number of likely N-dealkylation sites (N-methyl/N-ethyl adjacent to an activating group) is 1. The molecular weight excluding hydrogens is 516 g/mol. The summed E-state index contributed by atoms with van der Waals surface area (Å²) in [4.78, 5) is 14.4. The van der Waals surface area contributed by atoms with Gasteiger partial charge >= 0.3 is 5.97 Å². The van der Waals surface area contributed by atoms with Crippen LogP contribution in [0.2, 0.25) is 0 Å². The monoisotopic (exact) mass is 554 g/mol. The molecule has 5 atom stereocenters. The number of ether oxygens (including phenoxy) is 2. The fourth-order valence-electron chi connectivity index (χ4n) is 7.97. The maximum atomic E-state index is 14.1. The molecule has 9 heteroatoms. The molecule has 2 aliphatic heterocycles. The van der Waals surface area contributed by atoms with Crippen molar-refractivity contribution in [3.63, 3.8) is 0 Å². The van der Waals surface area contributed by atoms with E-state index in [4.69, 9.17) is 9.47 Å². The van der Waals surface area contributed by atoms with Crippen LogP contribution >= 0.6 is 0 Å². The Morgan fingerprint density at radius 2 is 2.00 bits per heavy atom. The Morgan fingerprint density at radius 3 is 2.69 bits per heavy atom. The molecule has 2 aromatic carbocycles. The van der Waals surface area contributed by atoms with E-state index in [1.807, 2.05) is 44.2 Å². The van der Waals surface area contributed by atoms with Crippen molar-refractivity contribution in [2.75, 3.05) is 20.1 Å². The Balaban J connectivity index is 1.48. The first-order valence-corrected chi connectivity index (χ1v) is 15.6. The van der Waals surface area contributed by atoms with Gasteiger partial charge in [0.25, 0.3) is 0 Å². The van der Waals surface area contributed by atoms with Gasteiger partial charge in [-0.1, -0.05) is 44.2 Å². The molecule has 2 fully saturated rings. The minimum atomic E-state index is -3.68. The van der Waals surface area contributed by atoms with Gasteiger partial charge in [0.2, 0.25) is 10.0 Å². The second-order valence-electron chi connectivity index (χ2n) is 12.2. The number of piperidine rings is 1. The van der Waals surface area contributed by atoms with Crippen LogP contribution in [0.15, 0.2) is 36.4 Å². The molecular formula is C30H38N2O6S. The van der Waals surface area contributed by atoms with E-state index < -0.39 is 27.5 Å². The maximum absolute atomic E-state index is 14.1. The molecule has 1 N–H and O–H groups in total. The van der Waals surface area contributed by atoms with Gasteiger partial charge in [-0.3, -0.25) is 4.79 Å². The first-order chi connectivity index (χ1) is 18.5. The zero-order valence-corrected chi connectivity index (χ0v) is 23.9. The Morgan fingerprint density at radius 1 is 1.26 bits per heavy atom. The normalized spacial score (nSPS) is 29.3. The van der Waals surface area contributed by atoms with Crippen LogP contribution < -0.4 is 9.47 Å². The van der Waals surface area contributed by atoms with Crippen molar-refractivity contribution in [3.05, 3.63) is 53.1 Å². The van der Waals surface area contributed by atoms with Crippen LogP contribution in [-0.2, 0) is 32.4 Å². The third kappa shape index (κ3) is 4.16. The van der Waals surface area contributed by atoms with Crippen LogP contribution in [-0.4, -0.2) is 67.0 Å². The number of esters is 1. The lowest BCUT2D eigenvalue weighted by atomic mass is 9.51. The summed E-state index contributed by atoms with van der Waals surface area (Å²) >= 11 is 0. The molecule has 2 aliphatic carbocycles. The molecule has 2 bridgehead atoms. The summed E-state index contributed by atoms with van der Waals surface area (Å²) in [5, 5.41) is 11.1. The predicted octanol–water partition coefficient (Wildman–Crippen LogP) is 3.84. The van der Waals surface area contributed by atoms with E-state index in [1.54, 1.807) is 4.31 Å².